The number of anilines is 1. The molecule has 0 aliphatic carbocycles. The number of hydrogen-bond acceptors (Lipinski definition) is 4. The smallest absolute Gasteiger partial charge is 0.340 e. The fourth-order valence-electron chi connectivity index (χ4n) is 1.89. The third kappa shape index (κ3) is 4.71. The number of hydrogen-bond donors (Lipinski definition) is 2. The Balaban J connectivity index is 1.97. The summed E-state index contributed by atoms with van der Waals surface area (Å²) in [4.78, 5) is 24.0. The first kappa shape index (κ1) is 18.3. The SMILES string of the molecule is C[C@@H](OC(=O)[C@H](O)c1ccccc1)C(=O)Nc1ccc(Cl)cc1Cl. The Morgan fingerprint density at radius 3 is 2.42 bits per heavy atom. The summed E-state index contributed by atoms with van der Waals surface area (Å²) in [5, 5.41) is 13.2. The molecule has 2 N–H and O–H groups in total. The monoisotopic (exact) mass is 367 g/mol. The highest BCUT2D eigenvalue weighted by molar-refractivity contribution is 6.36. The molecule has 0 heterocycles. The van der Waals surface area contributed by atoms with Crippen LogP contribution in [0.1, 0.15) is 18.6 Å². The highest BCUT2D eigenvalue weighted by Crippen LogP contribution is 2.25. The lowest BCUT2D eigenvalue weighted by Gasteiger charge is -2.16. The Kier molecular flexibility index (Phi) is 6.20. The van der Waals surface area contributed by atoms with Crippen LogP contribution in [0.2, 0.25) is 10.0 Å². The second kappa shape index (κ2) is 8.15. The normalized spacial score (nSPS) is 13.0. The Morgan fingerprint density at radius 2 is 1.79 bits per heavy atom. The summed E-state index contributed by atoms with van der Waals surface area (Å²) in [7, 11) is 0. The van der Waals surface area contributed by atoms with Crippen molar-refractivity contribution in [3.8, 4) is 0 Å². The van der Waals surface area contributed by atoms with Crippen molar-refractivity contribution in [1.29, 1.82) is 0 Å². The van der Waals surface area contributed by atoms with Gasteiger partial charge in [0, 0.05) is 5.02 Å². The van der Waals surface area contributed by atoms with Gasteiger partial charge in [0.05, 0.1) is 10.7 Å². The number of esters is 1. The minimum Gasteiger partial charge on any atom is -0.450 e. The molecule has 0 bridgehead atoms. The van der Waals surface area contributed by atoms with Gasteiger partial charge in [-0.2, -0.15) is 0 Å². The maximum atomic E-state index is 12.1. The number of amides is 1. The summed E-state index contributed by atoms with van der Waals surface area (Å²) >= 11 is 11.8. The Hall–Kier alpha value is -2.08. The first-order valence-corrected chi connectivity index (χ1v) is 7.83. The van der Waals surface area contributed by atoms with Crippen molar-refractivity contribution in [3.05, 3.63) is 64.1 Å². The molecule has 126 valence electrons. The molecule has 1 amide bonds. The highest BCUT2D eigenvalue weighted by atomic mass is 35.5. The fourth-order valence-corrected chi connectivity index (χ4v) is 2.34. The molecular formula is C17H15Cl2NO4. The van der Waals surface area contributed by atoms with Crippen LogP contribution in [0.4, 0.5) is 5.69 Å². The molecule has 7 heteroatoms. The van der Waals surface area contributed by atoms with E-state index in [1.807, 2.05) is 0 Å². The van der Waals surface area contributed by atoms with Gasteiger partial charge in [0.15, 0.2) is 12.2 Å². The van der Waals surface area contributed by atoms with Crippen molar-refractivity contribution < 1.29 is 19.4 Å². The maximum Gasteiger partial charge on any atom is 0.340 e. The van der Waals surface area contributed by atoms with Crippen LogP contribution in [0.15, 0.2) is 48.5 Å². The molecule has 2 aromatic rings. The van der Waals surface area contributed by atoms with Crippen molar-refractivity contribution in [3.63, 3.8) is 0 Å². The van der Waals surface area contributed by atoms with Gasteiger partial charge >= 0.3 is 5.97 Å². The van der Waals surface area contributed by atoms with E-state index in [0.29, 0.717) is 16.3 Å². The third-order valence-electron chi connectivity index (χ3n) is 3.19. The molecule has 2 atom stereocenters. The van der Waals surface area contributed by atoms with E-state index in [2.05, 4.69) is 5.32 Å². The lowest BCUT2D eigenvalue weighted by Crippen LogP contribution is -2.31. The first-order chi connectivity index (χ1) is 11.4. The fraction of sp³-hybridized carbons (Fsp3) is 0.176. The van der Waals surface area contributed by atoms with E-state index >= 15 is 0 Å². The predicted octanol–water partition coefficient (Wildman–Crippen LogP) is 3.60. The molecule has 0 spiro atoms. The van der Waals surface area contributed by atoms with E-state index in [0.717, 1.165) is 0 Å². The summed E-state index contributed by atoms with van der Waals surface area (Å²) in [5.74, 6) is -1.49. The van der Waals surface area contributed by atoms with Gasteiger partial charge in [-0.05, 0) is 30.7 Å². The quantitative estimate of drug-likeness (QED) is 0.791. The maximum absolute atomic E-state index is 12.1. The molecule has 24 heavy (non-hydrogen) atoms. The topological polar surface area (TPSA) is 75.6 Å². The number of carbonyl (C=O) groups is 2. The van der Waals surface area contributed by atoms with Crippen molar-refractivity contribution in [2.75, 3.05) is 5.32 Å². The second-order valence-electron chi connectivity index (χ2n) is 5.01. The molecule has 5 nitrogen and oxygen atoms in total. The van der Waals surface area contributed by atoms with Crippen LogP contribution < -0.4 is 5.32 Å². The minimum absolute atomic E-state index is 0.263. The zero-order valence-electron chi connectivity index (χ0n) is 12.7. The number of rotatable bonds is 5. The van der Waals surface area contributed by atoms with Crippen LogP contribution in [-0.4, -0.2) is 23.1 Å². The van der Waals surface area contributed by atoms with Crippen molar-refractivity contribution in [2.24, 2.45) is 0 Å². The number of ether oxygens (including phenoxy) is 1. The van der Waals surface area contributed by atoms with Crippen LogP contribution in [0.25, 0.3) is 0 Å². The standard InChI is InChI=1S/C17H15Cl2NO4/c1-10(16(22)20-14-8-7-12(18)9-13(14)19)24-17(23)15(21)11-5-3-2-4-6-11/h2-10,15,21H,1H3,(H,20,22)/t10-,15-/m1/s1. The third-order valence-corrected chi connectivity index (χ3v) is 3.74. The lowest BCUT2D eigenvalue weighted by molar-refractivity contribution is -0.162. The van der Waals surface area contributed by atoms with E-state index in [9.17, 15) is 14.7 Å². The molecule has 0 radical (unpaired) electrons. The van der Waals surface area contributed by atoms with Crippen LogP contribution >= 0.6 is 23.2 Å². The van der Waals surface area contributed by atoms with Crippen LogP contribution in [0.5, 0.6) is 0 Å². The summed E-state index contributed by atoms with van der Waals surface area (Å²) in [6.45, 7) is 1.40. The predicted molar refractivity (Wildman–Crippen MR) is 92.0 cm³/mol. The van der Waals surface area contributed by atoms with Gasteiger partial charge in [-0.3, -0.25) is 4.79 Å². The molecular weight excluding hydrogens is 353 g/mol. The van der Waals surface area contributed by atoms with Gasteiger partial charge in [0.25, 0.3) is 5.91 Å². The van der Waals surface area contributed by atoms with E-state index < -0.39 is 24.1 Å². The number of halogens is 2. The van der Waals surface area contributed by atoms with E-state index in [-0.39, 0.29) is 5.02 Å². The van der Waals surface area contributed by atoms with Crippen molar-refractivity contribution in [1.82, 2.24) is 0 Å². The van der Waals surface area contributed by atoms with Crippen LogP contribution in [-0.2, 0) is 14.3 Å². The molecule has 0 aliphatic rings. The molecule has 0 saturated carbocycles. The molecule has 0 aromatic heterocycles. The van der Waals surface area contributed by atoms with Gasteiger partial charge in [-0.25, -0.2) is 4.79 Å². The largest absolute Gasteiger partial charge is 0.450 e. The number of carbonyl (C=O) groups excluding carboxylic acids is 2. The van der Waals surface area contributed by atoms with Gasteiger partial charge in [0.1, 0.15) is 0 Å². The summed E-state index contributed by atoms with van der Waals surface area (Å²) in [5.41, 5.74) is 0.730. The highest BCUT2D eigenvalue weighted by Gasteiger charge is 2.24. The van der Waals surface area contributed by atoms with E-state index in [1.165, 1.54) is 19.1 Å². The Bertz CT molecular complexity index is 737. The molecule has 0 aliphatic heterocycles. The second-order valence-corrected chi connectivity index (χ2v) is 5.85. The van der Waals surface area contributed by atoms with E-state index in [4.69, 9.17) is 27.9 Å². The molecule has 2 aromatic carbocycles. The average Bonchev–Trinajstić information content (AvgIpc) is 2.57. The number of aliphatic hydroxyl groups is 1. The average molecular weight is 368 g/mol. The molecule has 2 rings (SSSR count). The summed E-state index contributed by atoms with van der Waals surface area (Å²) in [6.07, 6.45) is -2.57. The van der Waals surface area contributed by atoms with Gasteiger partial charge in [-0.15, -0.1) is 0 Å². The Morgan fingerprint density at radius 1 is 1.12 bits per heavy atom. The van der Waals surface area contributed by atoms with Gasteiger partial charge < -0.3 is 15.2 Å². The van der Waals surface area contributed by atoms with Crippen molar-refractivity contribution in [2.45, 2.75) is 19.1 Å². The minimum atomic E-state index is -1.46. The zero-order chi connectivity index (χ0) is 17.7. The Labute approximate surface area is 149 Å². The summed E-state index contributed by atoms with van der Waals surface area (Å²) in [6, 6.07) is 12.9. The lowest BCUT2D eigenvalue weighted by atomic mass is 10.1. The summed E-state index contributed by atoms with van der Waals surface area (Å²) < 4.78 is 4.99. The van der Waals surface area contributed by atoms with Crippen molar-refractivity contribution >= 4 is 40.8 Å². The molecule has 0 unspecified atom stereocenters. The zero-order valence-corrected chi connectivity index (χ0v) is 14.2. The van der Waals surface area contributed by atoms with Crippen LogP contribution in [0, 0.1) is 0 Å². The van der Waals surface area contributed by atoms with E-state index in [1.54, 1.807) is 36.4 Å². The number of nitrogens with one attached hydrogen (secondary N) is 1. The van der Waals surface area contributed by atoms with Gasteiger partial charge in [0.2, 0.25) is 0 Å². The van der Waals surface area contributed by atoms with Crippen LogP contribution in [0.3, 0.4) is 0 Å². The van der Waals surface area contributed by atoms with Gasteiger partial charge in [-0.1, -0.05) is 53.5 Å². The molecule has 0 fully saturated rings. The number of aliphatic hydroxyl groups excluding tert-OH is 1. The molecule has 0 saturated heterocycles. The number of benzene rings is 2. The first-order valence-electron chi connectivity index (χ1n) is 7.08.